The first-order chi connectivity index (χ1) is 14.3. The lowest BCUT2D eigenvalue weighted by Gasteiger charge is -2.08. The first-order valence-electron chi connectivity index (χ1n) is 9.37. The van der Waals surface area contributed by atoms with E-state index in [9.17, 15) is 13.2 Å². The minimum Gasteiger partial charge on any atom is -0.416 e. The van der Waals surface area contributed by atoms with Crippen molar-refractivity contribution in [2.24, 2.45) is 0 Å². The molecule has 0 aliphatic rings. The Morgan fingerprint density at radius 2 is 1.97 bits per heavy atom. The molecule has 3 rings (SSSR count). The molecule has 0 bridgehead atoms. The van der Waals surface area contributed by atoms with Gasteiger partial charge in [-0.1, -0.05) is 49.0 Å². The summed E-state index contributed by atoms with van der Waals surface area (Å²) in [6.07, 6.45) is 2.31. The van der Waals surface area contributed by atoms with Gasteiger partial charge in [0.1, 0.15) is 0 Å². The molecule has 30 heavy (non-hydrogen) atoms. The van der Waals surface area contributed by atoms with Gasteiger partial charge in [0.25, 0.3) is 5.22 Å². The molecule has 1 N–H and O–H groups in total. The highest BCUT2D eigenvalue weighted by atomic mass is 32.2. The second kappa shape index (κ2) is 10.3. The minimum absolute atomic E-state index is 0.0234. The van der Waals surface area contributed by atoms with Crippen LogP contribution in [0.2, 0.25) is 0 Å². The Labute approximate surface area is 184 Å². The van der Waals surface area contributed by atoms with Gasteiger partial charge >= 0.3 is 0 Å². The Kier molecular flexibility index (Phi) is 7.81. The molecule has 0 aliphatic carbocycles. The second-order valence-corrected chi connectivity index (χ2v) is 10.8. The van der Waals surface area contributed by atoms with E-state index >= 15 is 0 Å². The van der Waals surface area contributed by atoms with Gasteiger partial charge in [0.05, 0.1) is 16.9 Å². The Hall–Kier alpha value is -2.01. The number of nitrogens with zero attached hydrogens (tertiary/aromatic N) is 2. The molecule has 0 spiro atoms. The fourth-order valence-corrected chi connectivity index (χ4v) is 4.93. The van der Waals surface area contributed by atoms with Crippen LogP contribution in [0.5, 0.6) is 0 Å². The molecule has 1 aromatic carbocycles. The van der Waals surface area contributed by atoms with Crippen LogP contribution >= 0.6 is 23.1 Å². The zero-order valence-electron chi connectivity index (χ0n) is 16.7. The Balaban J connectivity index is 1.47. The largest absolute Gasteiger partial charge is 0.416 e. The Morgan fingerprint density at radius 3 is 2.70 bits per heavy atom. The van der Waals surface area contributed by atoms with E-state index in [2.05, 4.69) is 34.0 Å². The molecule has 160 valence electrons. The lowest BCUT2D eigenvalue weighted by Crippen LogP contribution is -2.23. The molecule has 0 saturated carbocycles. The van der Waals surface area contributed by atoms with Gasteiger partial charge in [-0.3, -0.25) is 4.79 Å². The zero-order chi connectivity index (χ0) is 21.6. The van der Waals surface area contributed by atoms with Crippen LogP contribution in [0.25, 0.3) is 0 Å². The van der Waals surface area contributed by atoms with Crippen LogP contribution in [0.1, 0.15) is 38.8 Å². The van der Waals surface area contributed by atoms with E-state index in [1.54, 1.807) is 6.07 Å². The van der Waals surface area contributed by atoms with Crippen molar-refractivity contribution in [3.63, 3.8) is 0 Å². The molecule has 7 nitrogen and oxygen atoms in total. The molecule has 0 aliphatic heterocycles. The van der Waals surface area contributed by atoms with E-state index < -0.39 is 10.0 Å². The fraction of sp³-hybridized carbons (Fsp3) is 0.350. The zero-order valence-corrected chi connectivity index (χ0v) is 19.1. The van der Waals surface area contributed by atoms with Gasteiger partial charge in [0, 0.05) is 17.8 Å². The van der Waals surface area contributed by atoms with Crippen molar-refractivity contribution in [1.29, 1.82) is 0 Å². The number of carbonyl (C=O) groups is 1. The van der Waals surface area contributed by atoms with Crippen LogP contribution in [0.15, 0.2) is 52.1 Å². The van der Waals surface area contributed by atoms with E-state index in [-0.39, 0.29) is 17.5 Å². The average molecular weight is 466 g/mol. The minimum atomic E-state index is -3.20. The summed E-state index contributed by atoms with van der Waals surface area (Å²) in [6, 6.07) is 13.8. The molecule has 3 aromatic rings. The molecule has 0 fully saturated rings. The van der Waals surface area contributed by atoms with Gasteiger partial charge in [-0.25, -0.2) is 13.1 Å². The molecule has 2 heterocycles. The van der Waals surface area contributed by atoms with Crippen LogP contribution in [-0.4, -0.2) is 43.0 Å². The molecule has 1 atom stereocenters. The molecule has 0 saturated heterocycles. The average Bonchev–Trinajstić information content (AvgIpc) is 3.35. The van der Waals surface area contributed by atoms with Crippen molar-refractivity contribution < 1.29 is 17.6 Å². The molecule has 10 heteroatoms. The molecular weight excluding hydrogens is 442 g/mol. The topological polar surface area (TPSA) is 102 Å². The molecule has 2 aromatic heterocycles. The first kappa shape index (κ1) is 22.7. The summed E-state index contributed by atoms with van der Waals surface area (Å²) in [7, 11) is -3.20. The van der Waals surface area contributed by atoms with Gasteiger partial charge in [-0.15, -0.1) is 21.5 Å². The number of ketones is 1. The van der Waals surface area contributed by atoms with Gasteiger partial charge in [0.15, 0.2) is 5.78 Å². The third kappa shape index (κ3) is 7.05. The van der Waals surface area contributed by atoms with E-state index in [1.165, 1.54) is 28.7 Å². The van der Waals surface area contributed by atoms with Crippen LogP contribution in [-0.2, 0) is 22.9 Å². The normalized spacial score (nSPS) is 12.7. The van der Waals surface area contributed by atoms with E-state index in [0.29, 0.717) is 35.4 Å². The fourth-order valence-electron chi connectivity index (χ4n) is 2.76. The summed E-state index contributed by atoms with van der Waals surface area (Å²) in [5.41, 5.74) is 1.21. The highest BCUT2D eigenvalue weighted by Crippen LogP contribution is 2.24. The highest BCUT2D eigenvalue weighted by molar-refractivity contribution is 7.99. The number of carbonyl (C=O) groups excluding carboxylic acids is 1. The van der Waals surface area contributed by atoms with Crippen molar-refractivity contribution in [3.8, 4) is 0 Å². The number of aromatic nitrogens is 2. The second-order valence-electron chi connectivity index (χ2n) is 6.87. The van der Waals surface area contributed by atoms with Gasteiger partial charge < -0.3 is 4.42 Å². The Bertz CT molecular complexity index is 1080. The van der Waals surface area contributed by atoms with Crippen LogP contribution < -0.4 is 4.72 Å². The van der Waals surface area contributed by atoms with Crippen molar-refractivity contribution in [2.45, 2.75) is 30.9 Å². The van der Waals surface area contributed by atoms with Crippen LogP contribution in [0, 0.1) is 0 Å². The lowest BCUT2D eigenvalue weighted by molar-refractivity contribution is 0.102. The SMILES string of the molecule is CC(Cc1nnc(SCC(=O)c2ccc(CCNS(C)(=O)=O)s2)o1)c1ccccc1. The maximum atomic E-state index is 12.4. The van der Waals surface area contributed by atoms with Gasteiger partial charge in [-0.2, -0.15) is 0 Å². The summed E-state index contributed by atoms with van der Waals surface area (Å²) >= 11 is 2.60. The van der Waals surface area contributed by atoms with E-state index in [4.69, 9.17) is 4.42 Å². The standard InChI is InChI=1S/C20H23N3O4S3/c1-14(15-6-4-3-5-7-15)12-19-22-23-20(27-19)28-13-17(24)18-9-8-16(29-18)10-11-21-30(2,25)26/h3-9,14,21H,10-13H2,1-2H3. The number of nitrogens with one attached hydrogen (secondary N) is 1. The summed E-state index contributed by atoms with van der Waals surface area (Å²) in [5.74, 6) is 0.993. The van der Waals surface area contributed by atoms with Gasteiger partial charge in [-0.05, 0) is 30.0 Å². The third-order valence-electron chi connectivity index (χ3n) is 4.30. The van der Waals surface area contributed by atoms with E-state index in [1.807, 2.05) is 24.3 Å². The number of sulfonamides is 1. The monoisotopic (exact) mass is 465 g/mol. The number of thioether (sulfide) groups is 1. The first-order valence-corrected chi connectivity index (χ1v) is 13.1. The van der Waals surface area contributed by atoms with Crippen molar-refractivity contribution in [1.82, 2.24) is 14.9 Å². The Morgan fingerprint density at radius 1 is 1.20 bits per heavy atom. The van der Waals surface area contributed by atoms with Gasteiger partial charge in [0.2, 0.25) is 15.9 Å². The molecule has 0 radical (unpaired) electrons. The number of Topliss-reactive ketones (excluding diaryl/α,β-unsaturated/α-hetero) is 1. The van der Waals surface area contributed by atoms with E-state index in [0.717, 1.165) is 11.1 Å². The summed E-state index contributed by atoms with van der Waals surface area (Å²) in [6.45, 7) is 2.42. The lowest BCUT2D eigenvalue weighted by atomic mass is 9.98. The summed E-state index contributed by atoms with van der Waals surface area (Å²) in [5, 5.41) is 8.50. The molecule has 1 unspecified atom stereocenters. The maximum absolute atomic E-state index is 12.4. The molecular formula is C20H23N3O4S3. The summed E-state index contributed by atoms with van der Waals surface area (Å²) in [4.78, 5) is 14.0. The number of hydrogen-bond acceptors (Lipinski definition) is 8. The van der Waals surface area contributed by atoms with Crippen molar-refractivity contribution >= 4 is 38.9 Å². The number of thiophene rings is 1. The van der Waals surface area contributed by atoms with Crippen LogP contribution in [0.4, 0.5) is 0 Å². The smallest absolute Gasteiger partial charge is 0.277 e. The number of hydrogen-bond donors (Lipinski definition) is 1. The summed E-state index contributed by atoms with van der Waals surface area (Å²) < 4.78 is 30.3. The van der Waals surface area contributed by atoms with Crippen molar-refractivity contribution in [2.75, 3.05) is 18.6 Å². The van der Waals surface area contributed by atoms with Crippen molar-refractivity contribution in [3.05, 3.63) is 63.7 Å². The predicted molar refractivity (Wildman–Crippen MR) is 119 cm³/mol. The third-order valence-corrected chi connectivity index (χ3v) is 7.03. The maximum Gasteiger partial charge on any atom is 0.277 e. The number of benzene rings is 1. The van der Waals surface area contributed by atoms with Crippen LogP contribution in [0.3, 0.4) is 0 Å². The molecule has 0 amide bonds. The highest BCUT2D eigenvalue weighted by Gasteiger charge is 2.15. The number of rotatable bonds is 11. The quantitative estimate of drug-likeness (QED) is 0.341. The predicted octanol–water partition coefficient (Wildman–Crippen LogP) is 3.54.